The number of methoxy groups -OCH3 is 1. The van der Waals surface area contributed by atoms with Gasteiger partial charge in [-0.2, -0.15) is 0 Å². The van der Waals surface area contributed by atoms with E-state index in [1.54, 1.807) is 54.0 Å². The highest BCUT2D eigenvalue weighted by atomic mass is 19.1. The first kappa shape index (κ1) is 44.9. The van der Waals surface area contributed by atoms with Crippen molar-refractivity contribution in [2.75, 3.05) is 7.11 Å². The molecule has 0 aliphatic heterocycles. The molecule has 2 aromatic carbocycles. The molecule has 0 saturated carbocycles. The van der Waals surface area contributed by atoms with Crippen molar-refractivity contribution in [2.45, 2.75) is 86.0 Å². The van der Waals surface area contributed by atoms with Crippen molar-refractivity contribution < 1.29 is 9.13 Å². The summed E-state index contributed by atoms with van der Waals surface area (Å²) in [5.74, 6) is 1.66. The molecule has 0 aliphatic rings. The van der Waals surface area contributed by atoms with Gasteiger partial charge in [0.2, 0.25) is 0 Å². The molecule has 4 aromatic heterocycles. The molecule has 0 bridgehead atoms. The molecule has 56 heavy (non-hydrogen) atoms. The smallest absolute Gasteiger partial charge is 0.292 e. The topological polar surface area (TPSA) is 97.2 Å². The SMILES string of the molecule is CC(C)c1cn(C)c(=O)c2cc(F)ccc12.CC(C)c1cn(C)c(=O)c2ccccc12.COc1cc(C(C)C)cn(C)c1=O.Cc1cc(C(C)C)cn(C)c1=O. The first-order valence-corrected chi connectivity index (χ1v) is 19.0. The highest BCUT2D eigenvalue weighted by Gasteiger charge is 2.11. The molecule has 9 nitrogen and oxygen atoms in total. The van der Waals surface area contributed by atoms with Gasteiger partial charge in [-0.3, -0.25) is 19.2 Å². The molecule has 0 amide bonds. The summed E-state index contributed by atoms with van der Waals surface area (Å²) < 4.78 is 24.5. The molecule has 4 heterocycles. The number of hydrogen-bond donors (Lipinski definition) is 0. The number of halogens is 1. The van der Waals surface area contributed by atoms with Gasteiger partial charge in [0.25, 0.3) is 22.2 Å². The van der Waals surface area contributed by atoms with E-state index in [4.69, 9.17) is 4.74 Å². The van der Waals surface area contributed by atoms with Gasteiger partial charge < -0.3 is 23.0 Å². The van der Waals surface area contributed by atoms with E-state index in [0.29, 0.717) is 34.8 Å². The quantitative estimate of drug-likeness (QED) is 0.175. The monoisotopic (exact) mass is 766 g/mol. The van der Waals surface area contributed by atoms with Crippen molar-refractivity contribution in [3.05, 3.63) is 154 Å². The Kier molecular flexibility index (Phi) is 15.5. The van der Waals surface area contributed by atoms with Gasteiger partial charge in [0.15, 0.2) is 5.75 Å². The second-order valence-corrected chi connectivity index (χ2v) is 15.5. The molecule has 6 aromatic rings. The molecule has 0 N–H and O–H groups in total. The van der Waals surface area contributed by atoms with Crippen LogP contribution in [0, 0.1) is 12.7 Å². The minimum Gasteiger partial charge on any atom is -0.491 e. The maximum absolute atomic E-state index is 13.1. The Morgan fingerprint density at radius 1 is 0.500 bits per heavy atom. The lowest BCUT2D eigenvalue weighted by Crippen LogP contribution is -2.19. The average molecular weight is 767 g/mol. The van der Waals surface area contributed by atoms with Crippen LogP contribution in [-0.4, -0.2) is 25.4 Å². The number of aryl methyl sites for hydroxylation is 5. The normalized spacial score (nSPS) is 11.0. The van der Waals surface area contributed by atoms with E-state index in [0.717, 1.165) is 32.8 Å². The van der Waals surface area contributed by atoms with Crippen LogP contribution in [0.3, 0.4) is 0 Å². The number of hydrogen-bond acceptors (Lipinski definition) is 5. The van der Waals surface area contributed by atoms with Crippen molar-refractivity contribution in [3.8, 4) is 5.75 Å². The third-order valence-electron chi connectivity index (χ3n) is 9.65. The van der Waals surface area contributed by atoms with Crippen molar-refractivity contribution in [1.29, 1.82) is 0 Å². The van der Waals surface area contributed by atoms with Crippen LogP contribution in [0.15, 0.2) is 98.6 Å². The standard InChI is InChI=1S/C13H14FNO.C13H15NO.C10H15NO2.C10H15NO/c1-8(2)12-7-15(3)13(16)11-6-9(14)4-5-10(11)12;1-9(2)12-8-14(3)13(15)11-7-5-4-6-10(11)12;1-7(2)8-5-9(13-4)10(12)11(3)6-8;1-7(2)9-5-8(3)10(12)11(4)6-9/h4-8H,1-3H3;4-9H,1-3H3;5-7H,1-4H3;5-7H,1-4H3. The van der Waals surface area contributed by atoms with Gasteiger partial charge in [0.05, 0.1) is 12.5 Å². The molecule has 0 radical (unpaired) electrons. The summed E-state index contributed by atoms with van der Waals surface area (Å²) in [7, 11) is 8.54. The van der Waals surface area contributed by atoms with Gasteiger partial charge in [-0.15, -0.1) is 0 Å². The van der Waals surface area contributed by atoms with Gasteiger partial charge in [0, 0.05) is 63.9 Å². The van der Waals surface area contributed by atoms with E-state index in [2.05, 4.69) is 55.4 Å². The zero-order valence-electron chi connectivity index (χ0n) is 35.5. The van der Waals surface area contributed by atoms with Crippen LogP contribution in [-0.2, 0) is 28.2 Å². The number of aromatic nitrogens is 4. The molecule has 6 rings (SSSR count). The summed E-state index contributed by atoms with van der Waals surface area (Å²) in [6.07, 6.45) is 7.51. The van der Waals surface area contributed by atoms with E-state index < -0.39 is 0 Å². The Hall–Kier alpha value is -5.51. The van der Waals surface area contributed by atoms with E-state index in [-0.39, 0.29) is 28.1 Å². The van der Waals surface area contributed by atoms with Gasteiger partial charge in [-0.25, -0.2) is 4.39 Å². The first-order chi connectivity index (χ1) is 26.2. The van der Waals surface area contributed by atoms with Gasteiger partial charge >= 0.3 is 0 Å². The van der Waals surface area contributed by atoms with Gasteiger partial charge in [0.1, 0.15) is 5.82 Å². The molecule has 300 valence electrons. The predicted molar refractivity (Wildman–Crippen MR) is 229 cm³/mol. The fourth-order valence-electron chi connectivity index (χ4n) is 6.23. The minimum absolute atomic E-state index is 0.0787. The number of benzene rings is 2. The van der Waals surface area contributed by atoms with Crippen LogP contribution < -0.4 is 27.0 Å². The maximum atomic E-state index is 13.1. The van der Waals surface area contributed by atoms with E-state index in [9.17, 15) is 23.6 Å². The van der Waals surface area contributed by atoms with Crippen LogP contribution in [0.25, 0.3) is 21.5 Å². The van der Waals surface area contributed by atoms with E-state index in [1.807, 2.05) is 62.0 Å². The predicted octanol–water partition coefficient (Wildman–Crippen LogP) is 8.80. The van der Waals surface area contributed by atoms with Gasteiger partial charge in [-0.05, 0) is 94.0 Å². The summed E-state index contributed by atoms with van der Waals surface area (Å²) in [4.78, 5) is 46.4. The average Bonchev–Trinajstić information content (AvgIpc) is 3.15. The third-order valence-corrected chi connectivity index (χ3v) is 9.65. The second-order valence-electron chi connectivity index (χ2n) is 15.5. The zero-order valence-corrected chi connectivity index (χ0v) is 35.5. The summed E-state index contributed by atoms with van der Waals surface area (Å²) >= 11 is 0. The number of ether oxygens (including phenoxy) is 1. The minimum atomic E-state index is -0.370. The van der Waals surface area contributed by atoms with Crippen LogP contribution in [0.2, 0.25) is 0 Å². The van der Waals surface area contributed by atoms with Crippen LogP contribution in [0.5, 0.6) is 5.75 Å². The Bertz CT molecular complexity index is 2510. The van der Waals surface area contributed by atoms with E-state index in [1.165, 1.54) is 34.9 Å². The van der Waals surface area contributed by atoms with Crippen molar-refractivity contribution in [2.24, 2.45) is 28.2 Å². The molecule has 0 fully saturated rings. The lowest BCUT2D eigenvalue weighted by molar-refractivity contribution is 0.403. The molecular formula is C46H59FN4O5. The molecule has 0 saturated heterocycles. The fraction of sp³-hybridized carbons (Fsp3) is 0.391. The summed E-state index contributed by atoms with van der Waals surface area (Å²) in [6.45, 7) is 18.7. The Labute approximate surface area is 329 Å². The zero-order chi connectivity index (χ0) is 42.2. The molecule has 0 unspecified atom stereocenters. The van der Waals surface area contributed by atoms with Crippen molar-refractivity contribution in [3.63, 3.8) is 0 Å². The van der Waals surface area contributed by atoms with Gasteiger partial charge in [-0.1, -0.05) is 79.7 Å². The number of pyridine rings is 4. The molecular weight excluding hydrogens is 708 g/mol. The molecule has 0 spiro atoms. The van der Waals surface area contributed by atoms with Crippen LogP contribution in [0.4, 0.5) is 4.39 Å². The molecule has 10 heteroatoms. The van der Waals surface area contributed by atoms with Crippen LogP contribution in [0.1, 0.15) is 107 Å². The Balaban J connectivity index is 0.000000202. The Morgan fingerprint density at radius 2 is 0.929 bits per heavy atom. The summed E-state index contributed by atoms with van der Waals surface area (Å²) in [5, 5.41) is 3.19. The lowest BCUT2D eigenvalue weighted by Gasteiger charge is -2.11. The molecule has 0 aliphatic carbocycles. The highest BCUT2D eigenvalue weighted by Crippen LogP contribution is 2.24. The number of nitrogens with zero attached hydrogens (tertiary/aromatic N) is 4. The maximum Gasteiger partial charge on any atom is 0.292 e. The number of rotatable bonds is 5. The van der Waals surface area contributed by atoms with Crippen molar-refractivity contribution in [1.82, 2.24) is 18.3 Å². The second kappa shape index (κ2) is 19.4. The fourth-order valence-corrected chi connectivity index (χ4v) is 6.23. The van der Waals surface area contributed by atoms with E-state index >= 15 is 0 Å². The largest absolute Gasteiger partial charge is 0.491 e. The summed E-state index contributed by atoms with van der Waals surface area (Å²) in [6, 6.07) is 16.0. The number of fused-ring (bicyclic) bond motifs is 2. The van der Waals surface area contributed by atoms with Crippen molar-refractivity contribution >= 4 is 21.5 Å². The summed E-state index contributed by atoms with van der Waals surface area (Å²) in [5.41, 5.74) is 5.38. The van der Waals surface area contributed by atoms with Crippen LogP contribution >= 0.6 is 0 Å². The first-order valence-electron chi connectivity index (χ1n) is 19.0. The third kappa shape index (κ3) is 10.8. The molecule has 0 atom stereocenters. The Morgan fingerprint density at radius 3 is 1.39 bits per heavy atom. The lowest BCUT2D eigenvalue weighted by atomic mass is 9.98. The highest BCUT2D eigenvalue weighted by molar-refractivity contribution is 5.86.